The molecule has 1 aliphatic carbocycles. The molecule has 0 aromatic heterocycles. The van der Waals surface area contributed by atoms with Crippen LogP contribution in [0.15, 0.2) is 30.3 Å². The number of hydrogen-bond acceptors (Lipinski definition) is 8. The minimum absolute atomic E-state index is 0.0119. The van der Waals surface area contributed by atoms with Crippen LogP contribution in [0.2, 0.25) is 0 Å². The molecule has 3 N–H and O–H groups in total. The first kappa shape index (κ1) is 44.3. The third-order valence-electron chi connectivity index (χ3n) is 11.7. The Morgan fingerprint density at radius 1 is 0.887 bits per heavy atom. The molecule has 1 heterocycles. The van der Waals surface area contributed by atoms with Gasteiger partial charge in [-0.25, -0.2) is 0 Å². The Balaban J connectivity index is 1.79. The molecule has 1 aromatic carbocycles. The molecule has 0 radical (unpaired) electrons. The van der Waals surface area contributed by atoms with Gasteiger partial charge in [0, 0.05) is 27.3 Å². The number of likely N-dealkylation sites (N-methyl/N-ethyl adjacent to an activating group) is 2. The summed E-state index contributed by atoms with van der Waals surface area (Å²) in [5, 5.41) is 16.9. The molecule has 300 valence electrons. The van der Waals surface area contributed by atoms with Crippen molar-refractivity contribution in [2.24, 2.45) is 29.6 Å². The second-order valence-corrected chi connectivity index (χ2v) is 16.5. The average molecular weight is 744 g/mol. The lowest BCUT2D eigenvalue weighted by atomic mass is 9.89. The number of piperidine rings is 1. The largest absolute Gasteiger partial charge is 0.386 e. The molecule has 0 bridgehead atoms. The Labute approximate surface area is 318 Å². The lowest BCUT2D eigenvalue weighted by Crippen LogP contribution is -2.60. The molecule has 4 amide bonds. The first-order chi connectivity index (χ1) is 24.9. The van der Waals surface area contributed by atoms with E-state index in [9.17, 15) is 24.3 Å². The molecule has 12 nitrogen and oxygen atoms in total. The Kier molecular flexibility index (Phi) is 16.3. The van der Waals surface area contributed by atoms with E-state index in [0.29, 0.717) is 11.5 Å². The standard InChI is InChI=1S/C41H69N5O7/c1-14-25(6)36(45(11)41(51)34(23(2)3)43-40(50)35(24(4)5)44(9)10)32(52-12)22-33(47)46-30-20-29(30)21-31(46)38(53-13)26(7)39(49)42-27(8)37(48)28-18-16-15-17-19-28/h15-19,23-27,29-32,34-38,48H,14,20-22H2,1-13H3,(H,42,49)(H,43,50)/t25-,26+,27+,29-,30?,31?,32+,34-,35-,36-,37+,38?/m0/s1. The number of ether oxygens (including phenoxy) is 2. The molecular formula is C41H69N5O7. The van der Waals surface area contributed by atoms with Gasteiger partial charge in [-0.2, -0.15) is 0 Å². The Morgan fingerprint density at radius 2 is 1.51 bits per heavy atom. The molecular weight excluding hydrogens is 674 g/mol. The van der Waals surface area contributed by atoms with Crippen molar-refractivity contribution in [1.29, 1.82) is 0 Å². The second kappa shape index (κ2) is 19.5. The monoisotopic (exact) mass is 744 g/mol. The van der Waals surface area contributed by atoms with E-state index < -0.39 is 48.4 Å². The Hall–Kier alpha value is -3.06. The number of nitrogens with one attached hydrogen (secondary N) is 2. The van der Waals surface area contributed by atoms with Gasteiger partial charge >= 0.3 is 0 Å². The lowest BCUT2D eigenvalue weighted by molar-refractivity contribution is -0.149. The molecule has 3 rings (SSSR count). The van der Waals surface area contributed by atoms with Crippen molar-refractivity contribution in [2.75, 3.05) is 35.4 Å². The van der Waals surface area contributed by atoms with Crippen LogP contribution >= 0.6 is 0 Å². The number of rotatable bonds is 20. The summed E-state index contributed by atoms with van der Waals surface area (Å²) >= 11 is 0. The summed E-state index contributed by atoms with van der Waals surface area (Å²) < 4.78 is 12.0. The van der Waals surface area contributed by atoms with Crippen LogP contribution < -0.4 is 10.6 Å². The highest BCUT2D eigenvalue weighted by Crippen LogP contribution is 2.50. The van der Waals surface area contributed by atoms with E-state index in [0.717, 1.165) is 19.3 Å². The fourth-order valence-electron chi connectivity index (χ4n) is 8.49. The second-order valence-electron chi connectivity index (χ2n) is 16.5. The SMILES string of the molecule is CC[C@H](C)[C@@H]([C@@H](CC(=O)N1C(C(OC)[C@@H](C)C(=O)N[C@H](C)[C@@H](O)c2ccccc2)C[C@@H]2CC21)OC)N(C)C(=O)[C@@H](NC(=O)[C@H](C(C)C)N(C)C)C(C)C. The number of hydrogen-bond donors (Lipinski definition) is 3. The number of nitrogens with zero attached hydrogens (tertiary/aromatic N) is 3. The number of carbonyl (C=O) groups is 4. The van der Waals surface area contributed by atoms with E-state index in [4.69, 9.17) is 9.47 Å². The number of likely N-dealkylation sites (tertiary alicyclic amines) is 1. The quantitative estimate of drug-likeness (QED) is 0.183. The molecule has 1 aliphatic heterocycles. The van der Waals surface area contributed by atoms with E-state index >= 15 is 0 Å². The van der Waals surface area contributed by atoms with Crippen molar-refractivity contribution >= 4 is 23.6 Å². The minimum atomic E-state index is -0.873. The summed E-state index contributed by atoms with van der Waals surface area (Å²) in [7, 11) is 8.62. The van der Waals surface area contributed by atoms with Gasteiger partial charge in [-0.05, 0) is 63.1 Å². The molecule has 1 saturated carbocycles. The predicted molar refractivity (Wildman–Crippen MR) is 207 cm³/mol. The third kappa shape index (κ3) is 10.6. The normalized spacial score (nSPS) is 23.3. The van der Waals surface area contributed by atoms with E-state index in [2.05, 4.69) is 24.5 Å². The van der Waals surface area contributed by atoms with Gasteiger partial charge in [0.15, 0.2) is 0 Å². The Morgan fingerprint density at radius 3 is 2.02 bits per heavy atom. The van der Waals surface area contributed by atoms with Gasteiger partial charge in [0.05, 0.1) is 54.8 Å². The number of amides is 4. The maximum Gasteiger partial charge on any atom is 0.245 e. The first-order valence-electron chi connectivity index (χ1n) is 19.5. The summed E-state index contributed by atoms with van der Waals surface area (Å²) in [6.45, 7) is 15.5. The van der Waals surface area contributed by atoms with Crippen LogP contribution in [-0.2, 0) is 28.7 Å². The summed E-state index contributed by atoms with van der Waals surface area (Å²) in [6.07, 6.45) is 0.398. The van der Waals surface area contributed by atoms with Gasteiger partial charge in [-0.1, -0.05) is 85.2 Å². The molecule has 3 unspecified atom stereocenters. The van der Waals surface area contributed by atoms with E-state index in [1.54, 1.807) is 40.0 Å². The number of carbonyl (C=O) groups excluding carboxylic acids is 4. The molecule has 1 aromatic rings. The summed E-state index contributed by atoms with van der Waals surface area (Å²) in [6, 6.07) is 6.86. The molecule has 12 heteroatoms. The maximum absolute atomic E-state index is 14.4. The number of fused-ring (bicyclic) bond motifs is 1. The summed E-state index contributed by atoms with van der Waals surface area (Å²) in [5.74, 6) is -1.14. The van der Waals surface area contributed by atoms with Gasteiger partial charge < -0.3 is 35.0 Å². The minimum Gasteiger partial charge on any atom is -0.386 e. The van der Waals surface area contributed by atoms with Gasteiger partial charge in [-0.15, -0.1) is 0 Å². The molecule has 1 saturated heterocycles. The van der Waals surface area contributed by atoms with Crippen LogP contribution in [0.3, 0.4) is 0 Å². The average Bonchev–Trinajstić information content (AvgIpc) is 3.77. The fraction of sp³-hybridized carbons (Fsp3) is 0.756. The van der Waals surface area contributed by atoms with Crippen molar-refractivity contribution in [1.82, 2.24) is 25.3 Å². The van der Waals surface area contributed by atoms with Crippen molar-refractivity contribution < 1.29 is 33.8 Å². The number of benzene rings is 1. The zero-order valence-corrected chi connectivity index (χ0v) is 34.5. The van der Waals surface area contributed by atoms with Gasteiger partial charge in [-0.3, -0.25) is 24.1 Å². The van der Waals surface area contributed by atoms with Gasteiger partial charge in [0.1, 0.15) is 6.04 Å². The third-order valence-corrected chi connectivity index (χ3v) is 11.7. The van der Waals surface area contributed by atoms with Crippen LogP contribution in [0, 0.1) is 29.6 Å². The van der Waals surface area contributed by atoms with Crippen molar-refractivity contribution in [3.8, 4) is 0 Å². The number of aliphatic hydroxyl groups is 1. The van der Waals surface area contributed by atoms with Crippen LogP contribution in [0.1, 0.15) is 92.7 Å². The zero-order chi connectivity index (χ0) is 39.9. The molecule has 53 heavy (non-hydrogen) atoms. The molecule has 12 atom stereocenters. The zero-order valence-electron chi connectivity index (χ0n) is 34.5. The van der Waals surface area contributed by atoms with E-state index in [1.165, 1.54) is 0 Å². The van der Waals surface area contributed by atoms with E-state index in [1.807, 2.05) is 81.9 Å². The first-order valence-corrected chi connectivity index (χ1v) is 19.5. The summed E-state index contributed by atoms with van der Waals surface area (Å²) in [5.41, 5.74) is 0.716. The topological polar surface area (TPSA) is 141 Å². The van der Waals surface area contributed by atoms with Gasteiger partial charge in [0.25, 0.3) is 0 Å². The number of aliphatic hydroxyl groups excluding tert-OH is 1. The smallest absolute Gasteiger partial charge is 0.245 e. The highest BCUT2D eigenvalue weighted by molar-refractivity contribution is 5.90. The van der Waals surface area contributed by atoms with Crippen LogP contribution in [-0.4, -0.2) is 127 Å². The molecule has 0 spiro atoms. The van der Waals surface area contributed by atoms with E-state index in [-0.39, 0.29) is 59.9 Å². The number of methoxy groups -OCH3 is 2. The van der Waals surface area contributed by atoms with Crippen molar-refractivity contribution in [2.45, 2.75) is 136 Å². The molecule has 2 aliphatic rings. The Bertz CT molecular complexity index is 1350. The maximum atomic E-state index is 14.4. The molecule has 2 fully saturated rings. The highest BCUT2D eigenvalue weighted by atomic mass is 16.5. The highest BCUT2D eigenvalue weighted by Gasteiger charge is 2.57. The van der Waals surface area contributed by atoms with Crippen molar-refractivity contribution in [3.05, 3.63) is 35.9 Å². The van der Waals surface area contributed by atoms with Gasteiger partial charge in [0.2, 0.25) is 23.6 Å². The van der Waals surface area contributed by atoms with Crippen LogP contribution in [0.4, 0.5) is 0 Å². The van der Waals surface area contributed by atoms with Crippen molar-refractivity contribution in [3.63, 3.8) is 0 Å². The van der Waals surface area contributed by atoms with Crippen LogP contribution in [0.25, 0.3) is 0 Å². The lowest BCUT2D eigenvalue weighted by Gasteiger charge is -2.41. The summed E-state index contributed by atoms with van der Waals surface area (Å²) in [4.78, 5) is 61.1. The van der Waals surface area contributed by atoms with Crippen LogP contribution in [0.5, 0.6) is 0 Å². The fourth-order valence-corrected chi connectivity index (χ4v) is 8.49. The predicted octanol–water partition coefficient (Wildman–Crippen LogP) is 3.87.